The average Bonchev–Trinajstić information content (AvgIpc) is 2.34. The highest BCUT2D eigenvalue weighted by atomic mass is 19.1. The summed E-state index contributed by atoms with van der Waals surface area (Å²) in [5.74, 6) is 0.204. The van der Waals surface area contributed by atoms with E-state index >= 15 is 0 Å². The lowest BCUT2D eigenvalue weighted by atomic mass is 10.0. The van der Waals surface area contributed by atoms with Crippen LogP contribution in [0, 0.1) is 11.7 Å². The van der Waals surface area contributed by atoms with E-state index < -0.39 is 0 Å². The van der Waals surface area contributed by atoms with Crippen molar-refractivity contribution in [1.82, 2.24) is 5.32 Å². The predicted octanol–water partition coefficient (Wildman–Crippen LogP) is 3.78. The highest BCUT2D eigenvalue weighted by Crippen LogP contribution is 2.07. The maximum absolute atomic E-state index is 12.9. The van der Waals surface area contributed by atoms with Gasteiger partial charge in [0.25, 0.3) is 0 Å². The second kappa shape index (κ2) is 7.72. The zero-order valence-corrected chi connectivity index (χ0v) is 11.8. The van der Waals surface area contributed by atoms with Crippen LogP contribution in [0.25, 0.3) is 6.08 Å². The SMILES string of the molecule is CC(C)CCC(C)NC(=O)/C=C/c1cccc(F)c1. The average molecular weight is 263 g/mol. The maximum atomic E-state index is 12.9. The lowest BCUT2D eigenvalue weighted by Gasteiger charge is -2.13. The molecule has 1 unspecified atom stereocenters. The van der Waals surface area contributed by atoms with Gasteiger partial charge in [-0.25, -0.2) is 4.39 Å². The minimum Gasteiger partial charge on any atom is -0.350 e. The first-order valence-corrected chi connectivity index (χ1v) is 6.71. The molecule has 0 heterocycles. The van der Waals surface area contributed by atoms with Crippen LogP contribution in [0.1, 0.15) is 39.2 Å². The van der Waals surface area contributed by atoms with E-state index in [4.69, 9.17) is 0 Å². The molecule has 1 aromatic rings. The standard InChI is InChI=1S/C16H22FNO/c1-12(2)7-8-13(3)18-16(19)10-9-14-5-4-6-15(17)11-14/h4-6,9-13H,7-8H2,1-3H3,(H,18,19)/b10-9+. The molecule has 0 fully saturated rings. The van der Waals surface area contributed by atoms with E-state index in [1.54, 1.807) is 18.2 Å². The molecule has 0 spiro atoms. The fraction of sp³-hybridized carbons (Fsp3) is 0.438. The summed E-state index contributed by atoms with van der Waals surface area (Å²) >= 11 is 0. The zero-order chi connectivity index (χ0) is 14.3. The molecule has 1 N–H and O–H groups in total. The van der Waals surface area contributed by atoms with Gasteiger partial charge in [-0.3, -0.25) is 4.79 Å². The molecule has 0 radical (unpaired) electrons. The quantitative estimate of drug-likeness (QED) is 0.777. The summed E-state index contributed by atoms with van der Waals surface area (Å²) < 4.78 is 12.9. The molecule has 0 aliphatic carbocycles. The van der Waals surface area contributed by atoms with Crippen molar-refractivity contribution < 1.29 is 9.18 Å². The van der Waals surface area contributed by atoms with Gasteiger partial charge in [-0.2, -0.15) is 0 Å². The molecule has 1 rings (SSSR count). The van der Waals surface area contributed by atoms with Crippen LogP contribution in [0.5, 0.6) is 0 Å². The Kier molecular flexibility index (Phi) is 6.26. The van der Waals surface area contributed by atoms with Gasteiger partial charge < -0.3 is 5.32 Å². The van der Waals surface area contributed by atoms with Crippen LogP contribution >= 0.6 is 0 Å². The Hall–Kier alpha value is -1.64. The van der Waals surface area contributed by atoms with Gasteiger partial charge in [0.15, 0.2) is 0 Å². The number of halogens is 1. The third kappa shape index (κ3) is 6.75. The molecule has 3 heteroatoms. The first-order chi connectivity index (χ1) is 8.97. The van der Waals surface area contributed by atoms with Gasteiger partial charge in [0.05, 0.1) is 0 Å². The highest BCUT2D eigenvalue weighted by molar-refractivity contribution is 5.91. The van der Waals surface area contributed by atoms with E-state index in [9.17, 15) is 9.18 Å². The van der Waals surface area contributed by atoms with E-state index in [0.29, 0.717) is 11.5 Å². The first kappa shape index (κ1) is 15.4. The van der Waals surface area contributed by atoms with Gasteiger partial charge in [0, 0.05) is 12.1 Å². The van der Waals surface area contributed by atoms with Crippen molar-refractivity contribution in [3.63, 3.8) is 0 Å². The Morgan fingerprint density at radius 1 is 1.32 bits per heavy atom. The molecular formula is C16H22FNO. The summed E-state index contributed by atoms with van der Waals surface area (Å²) in [6.07, 6.45) is 5.13. The van der Waals surface area contributed by atoms with Crippen molar-refractivity contribution in [1.29, 1.82) is 0 Å². The number of hydrogen-bond donors (Lipinski definition) is 1. The molecular weight excluding hydrogens is 241 g/mol. The highest BCUT2D eigenvalue weighted by Gasteiger charge is 2.05. The van der Waals surface area contributed by atoms with Gasteiger partial charge in [-0.05, 0) is 49.5 Å². The van der Waals surface area contributed by atoms with E-state index in [1.165, 1.54) is 18.2 Å². The van der Waals surface area contributed by atoms with Crippen molar-refractivity contribution in [2.75, 3.05) is 0 Å². The molecule has 1 amide bonds. The molecule has 0 aliphatic heterocycles. The Labute approximate surface area is 114 Å². The van der Waals surface area contributed by atoms with Crippen LogP contribution in [0.15, 0.2) is 30.3 Å². The van der Waals surface area contributed by atoms with Crippen LogP contribution in [0.3, 0.4) is 0 Å². The molecule has 1 atom stereocenters. The topological polar surface area (TPSA) is 29.1 Å². The second-order valence-corrected chi connectivity index (χ2v) is 5.27. The minimum atomic E-state index is -0.298. The van der Waals surface area contributed by atoms with E-state index in [-0.39, 0.29) is 17.8 Å². The Morgan fingerprint density at radius 2 is 2.05 bits per heavy atom. The summed E-state index contributed by atoms with van der Waals surface area (Å²) in [4.78, 5) is 11.7. The third-order valence-electron chi connectivity index (χ3n) is 2.84. The van der Waals surface area contributed by atoms with Gasteiger partial charge >= 0.3 is 0 Å². The number of nitrogens with one attached hydrogen (secondary N) is 1. The summed E-state index contributed by atoms with van der Waals surface area (Å²) in [5.41, 5.74) is 0.685. The summed E-state index contributed by atoms with van der Waals surface area (Å²) in [6, 6.07) is 6.32. The van der Waals surface area contributed by atoms with E-state index in [0.717, 1.165) is 12.8 Å². The largest absolute Gasteiger partial charge is 0.350 e. The maximum Gasteiger partial charge on any atom is 0.244 e. The normalized spacial score (nSPS) is 12.9. The smallest absolute Gasteiger partial charge is 0.244 e. The van der Waals surface area contributed by atoms with Crippen molar-refractivity contribution in [2.45, 2.75) is 39.7 Å². The summed E-state index contributed by atoms with van der Waals surface area (Å²) in [6.45, 7) is 6.33. The zero-order valence-electron chi connectivity index (χ0n) is 11.8. The summed E-state index contributed by atoms with van der Waals surface area (Å²) in [7, 11) is 0. The van der Waals surface area contributed by atoms with Crippen molar-refractivity contribution in [3.05, 3.63) is 41.7 Å². The van der Waals surface area contributed by atoms with Crippen LogP contribution in [-0.4, -0.2) is 11.9 Å². The van der Waals surface area contributed by atoms with Gasteiger partial charge in [-0.15, -0.1) is 0 Å². The molecule has 0 saturated carbocycles. The number of rotatable bonds is 6. The Morgan fingerprint density at radius 3 is 2.68 bits per heavy atom. The molecule has 104 valence electrons. The third-order valence-corrected chi connectivity index (χ3v) is 2.84. The fourth-order valence-corrected chi connectivity index (χ4v) is 1.73. The molecule has 0 aromatic heterocycles. The monoisotopic (exact) mass is 263 g/mol. The molecule has 0 aliphatic rings. The molecule has 19 heavy (non-hydrogen) atoms. The van der Waals surface area contributed by atoms with Crippen LogP contribution in [0.4, 0.5) is 4.39 Å². The molecule has 0 saturated heterocycles. The van der Waals surface area contributed by atoms with Crippen molar-refractivity contribution >= 4 is 12.0 Å². The van der Waals surface area contributed by atoms with Crippen LogP contribution in [-0.2, 0) is 4.79 Å². The van der Waals surface area contributed by atoms with Gasteiger partial charge in [0.1, 0.15) is 5.82 Å². The number of amides is 1. The van der Waals surface area contributed by atoms with Gasteiger partial charge in [-0.1, -0.05) is 26.0 Å². The molecule has 0 bridgehead atoms. The van der Waals surface area contributed by atoms with E-state index in [2.05, 4.69) is 19.2 Å². The van der Waals surface area contributed by atoms with E-state index in [1.807, 2.05) is 6.92 Å². The lowest BCUT2D eigenvalue weighted by Crippen LogP contribution is -2.31. The number of benzene rings is 1. The minimum absolute atomic E-state index is 0.138. The first-order valence-electron chi connectivity index (χ1n) is 6.71. The second-order valence-electron chi connectivity index (χ2n) is 5.27. The summed E-state index contributed by atoms with van der Waals surface area (Å²) in [5, 5.41) is 2.90. The van der Waals surface area contributed by atoms with Crippen molar-refractivity contribution in [2.24, 2.45) is 5.92 Å². The fourth-order valence-electron chi connectivity index (χ4n) is 1.73. The molecule has 2 nitrogen and oxygen atoms in total. The predicted molar refractivity (Wildman–Crippen MR) is 77.1 cm³/mol. The van der Waals surface area contributed by atoms with Crippen LogP contribution in [0.2, 0.25) is 0 Å². The van der Waals surface area contributed by atoms with Crippen LogP contribution < -0.4 is 5.32 Å². The Balaban J connectivity index is 2.42. The van der Waals surface area contributed by atoms with Crippen molar-refractivity contribution in [3.8, 4) is 0 Å². The van der Waals surface area contributed by atoms with Gasteiger partial charge in [0.2, 0.25) is 5.91 Å². The number of hydrogen-bond acceptors (Lipinski definition) is 1. The number of carbonyl (C=O) groups excluding carboxylic acids is 1. The number of carbonyl (C=O) groups is 1. The Bertz CT molecular complexity index is 440. The molecule has 1 aromatic carbocycles. The lowest BCUT2D eigenvalue weighted by molar-refractivity contribution is -0.117.